The smallest absolute Gasteiger partial charge is 0.191 e. The van der Waals surface area contributed by atoms with Crippen LogP contribution in [-0.2, 0) is 16.4 Å². The zero-order valence-electron chi connectivity index (χ0n) is 12.5. The van der Waals surface area contributed by atoms with Crippen LogP contribution in [0.3, 0.4) is 0 Å². The fourth-order valence-electron chi connectivity index (χ4n) is 2.16. The maximum atomic E-state index is 11.5. The van der Waals surface area contributed by atoms with Gasteiger partial charge in [-0.3, -0.25) is 0 Å². The van der Waals surface area contributed by atoms with Crippen molar-refractivity contribution in [1.82, 2.24) is 4.90 Å². The Bertz CT molecular complexity index is 640. The van der Waals surface area contributed by atoms with E-state index >= 15 is 0 Å². The molecule has 2 rings (SSSR count). The standard InChI is InChI=1S/C14H21N3O2S.HI/c1-10-8-11(4-7-13(10)20(3,18)19)9-16-14(15)17(2)12-5-6-12;/h4,7-8,12H,5-6,9H2,1-3H3,(H2,15,16);1H. The van der Waals surface area contributed by atoms with Gasteiger partial charge in [-0.15, -0.1) is 24.0 Å². The first-order valence-electron chi connectivity index (χ1n) is 6.61. The summed E-state index contributed by atoms with van der Waals surface area (Å²) >= 11 is 0. The van der Waals surface area contributed by atoms with E-state index in [1.54, 1.807) is 19.1 Å². The van der Waals surface area contributed by atoms with E-state index in [2.05, 4.69) is 4.99 Å². The predicted molar refractivity (Wildman–Crippen MR) is 95.8 cm³/mol. The Kier molecular flexibility index (Phi) is 6.03. The zero-order chi connectivity index (χ0) is 14.9. The van der Waals surface area contributed by atoms with Gasteiger partial charge in [0, 0.05) is 19.3 Å². The van der Waals surface area contributed by atoms with Crippen molar-refractivity contribution in [3.63, 3.8) is 0 Å². The summed E-state index contributed by atoms with van der Waals surface area (Å²) in [4.78, 5) is 6.73. The van der Waals surface area contributed by atoms with Gasteiger partial charge in [-0.2, -0.15) is 0 Å². The minimum atomic E-state index is -3.17. The molecular weight excluding hydrogens is 401 g/mol. The number of guanidine groups is 1. The van der Waals surface area contributed by atoms with Gasteiger partial charge >= 0.3 is 0 Å². The highest BCUT2D eigenvalue weighted by molar-refractivity contribution is 14.0. The lowest BCUT2D eigenvalue weighted by molar-refractivity contribution is 0.487. The minimum absolute atomic E-state index is 0. The van der Waals surface area contributed by atoms with E-state index in [0.29, 0.717) is 23.4 Å². The summed E-state index contributed by atoms with van der Waals surface area (Å²) in [5.74, 6) is 0.539. The van der Waals surface area contributed by atoms with Gasteiger partial charge in [-0.25, -0.2) is 13.4 Å². The van der Waals surface area contributed by atoms with E-state index in [-0.39, 0.29) is 24.0 Å². The number of hydrogen-bond acceptors (Lipinski definition) is 3. The van der Waals surface area contributed by atoms with E-state index in [1.165, 1.54) is 19.1 Å². The van der Waals surface area contributed by atoms with Crippen LogP contribution in [0.5, 0.6) is 0 Å². The van der Waals surface area contributed by atoms with Gasteiger partial charge in [0.2, 0.25) is 0 Å². The molecule has 0 amide bonds. The van der Waals surface area contributed by atoms with Gasteiger partial charge < -0.3 is 10.6 Å². The number of hydrogen-bond donors (Lipinski definition) is 1. The predicted octanol–water partition coefficient (Wildman–Crippen LogP) is 1.93. The van der Waals surface area contributed by atoms with Crippen LogP contribution in [-0.4, -0.2) is 38.6 Å². The Labute approximate surface area is 143 Å². The highest BCUT2D eigenvalue weighted by Gasteiger charge is 2.27. The number of rotatable bonds is 4. The fraction of sp³-hybridized carbons (Fsp3) is 0.500. The molecule has 0 heterocycles. The van der Waals surface area contributed by atoms with Gasteiger partial charge in [0.15, 0.2) is 15.8 Å². The van der Waals surface area contributed by atoms with Crippen molar-refractivity contribution in [2.45, 2.75) is 37.2 Å². The summed E-state index contributed by atoms with van der Waals surface area (Å²) in [6, 6.07) is 5.81. The molecule has 1 aliphatic rings. The quantitative estimate of drug-likeness (QED) is 0.456. The molecule has 0 radical (unpaired) electrons. The summed E-state index contributed by atoms with van der Waals surface area (Å²) in [5.41, 5.74) is 7.63. The van der Waals surface area contributed by atoms with Gasteiger partial charge in [-0.05, 0) is 37.0 Å². The first-order valence-corrected chi connectivity index (χ1v) is 8.50. The molecule has 1 aromatic carbocycles. The van der Waals surface area contributed by atoms with Crippen molar-refractivity contribution in [2.75, 3.05) is 13.3 Å². The highest BCUT2D eigenvalue weighted by Crippen LogP contribution is 2.25. The summed E-state index contributed by atoms with van der Waals surface area (Å²) in [7, 11) is -1.21. The highest BCUT2D eigenvalue weighted by atomic mass is 127. The van der Waals surface area contributed by atoms with Crippen molar-refractivity contribution in [1.29, 1.82) is 0 Å². The molecule has 0 spiro atoms. The largest absolute Gasteiger partial charge is 0.370 e. The first kappa shape index (κ1) is 18.2. The van der Waals surface area contributed by atoms with Gasteiger partial charge in [0.25, 0.3) is 0 Å². The third-order valence-electron chi connectivity index (χ3n) is 3.52. The van der Waals surface area contributed by atoms with Crippen LogP contribution in [0.1, 0.15) is 24.0 Å². The topological polar surface area (TPSA) is 75.8 Å². The number of nitrogens with two attached hydrogens (primary N) is 1. The third-order valence-corrected chi connectivity index (χ3v) is 4.78. The molecule has 118 valence electrons. The second-order valence-corrected chi connectivity index (χ2v) is 7.37. The first-order chi connectivity index (χ1) is 9.29. The molecule has 0 saturated heterocycles. The van der Waals surface area contributed by atoms with Crippen LogP contribution < -0.4 is 5.73 Å². The minimum Gasteiger partial charge on any atom is -0.370 e. The average molecular weight is 423 g/mol. The van der Waals surface area contributed by atoms with Crippen molar-refractivity contribution in [3.8, 4) is 0 Å². The molecule has 0 aromatic heterocycles. The lowest BCUT2D eigenvalue weighted by atomic mass is 10.1. The second-order valence-electron chi connectivity index (χ2n) is 5.39. The van der Waals surface area contributed by atoms with Crippen molar-refractivity contribution >= 4 is 39.8 Å². The molecular formula is C14H22IN3O2S. The monoisotopic (exact) mass is 423 g/mol. The maximum absolute atomic E-state index is 11.5. The summed E-state index contributed by atoms with van der Waals surface area (Å²) < 4.78 is 23.1. The molecule has 0 unspecified atom stereocenters. The Balaban J connectivity index is 0.00000220. The van der Waals surface area contributed by atoms with Crippen molar-refractivity contribution < 1.29 is 8.42 Å². The van der Waals surface area contributed by atoms with Crippen LogP contribution in [0.2, 0.25) is 0 Å². The summed E-state index contributed by atoms with van der Waals surface area (Å²) in [6.45, 7) is 2.26. The SMILES string of the molecule is Cc1cc(CN=C(N)N(C)C2CC2)ccc1S(C)(=O)=O.I. The third kappa shape index (κ3) is 4.84. The van der Waals surface area contributed by atoms with Crippen LogP contribution in [0, 0.1) is 6.92 Å². The van der Waals surface area contributed by atoms with E-state index in [4.69, 9.17) is 5.73 Å². The lowest BCUT2D eigenvalue weighted by Crippen LogP contribution is -2.35. The van der Waals surface area contributed by atoms with E-state index in [9.17, 15) is 8.42 Å². The van der Waals surface area contributed by atoms with Gasteiger partial charge in [0.1, 0.15) is 0 Å². The van der Waals surface area contributed by atoms with Crippen molar-refractivity contribution in [2.24, 2.45) is 10.7 Å². The van der Waals surface area contributed by atoms with E-state index < -0.39 is 9.84 Å². The molecule has 1 aliphatic carbocycles. The van der Waals surface area contributed by atoms with E-state index in [0.717, 1.165) is 11.1 Å². The molecule has 1 fully saturated rings. The maximum Gasteiger partial charge on any atom is 0.191 e. The molecule has 7 heteroatoms. The number of aliphatic imine (C=N–C) groups is 1. The Morgan fingerprint density at radius 1 is 1.43 bits per heavy atom. The number of halogens is 1. The normalized spacial score (nSPS) is 15.5. The number of aryl methyl sites for hydroxylation is 1. The zero-order valence-corrected chi connectivity index (χ0v) is 15.7. The van der Waals surface area contributed by atoms with Crippen LogP contribution in [0.25, 0.3) is 0 Å². The molecule has 1 aromatic rings. The number of sulfone groups is 1. The second kappa shape index (κ2) is 6.95. The van der Waals surface area contributed by atoms with Crippen LogP contribution in [0.4, 0.5) is 0 Å². The Hall–Kier alpha value is -0.830. The van der Waals surface area contributed by atoms with Crippen LogP contribution in [0.15, 0.2) is 28.1 Å². The molecule has 1 saturated carbocycles. The Morgan fingerprint density at radius 2 is 2.05 bits per heavy atom. The van der Waals surface area contributed by atoms with Crippen molar-refractivity contribution in [3.05, 3.63) is 29.3 Å². The molecule has 2 N–H and O–H groups in total. The molecule has 0 bridgehead atoms. The average Bonchev–Trinajstić information content (AvgIpc) is 3.17. The lowest BCUT2D eigenvalue weighted by Gasteiger charge is -2.16. The molecule has 0 aliphatic heterocycles. The van der Waals surface area contributed by atoms with Gasteiger partial charge in [0.05, 0.1) is 11.4 Å². The summed E-state index contributed by atoms with van der Waals surface area (Å²) in [6.07, 6.45) is 3.57. The van der Waals surface area contributed by atoms with Crippen LogP contribution >= 0.6 is 24.0 Å². The van der Waals surface area contributed by atoms with E-state index in [1.807, 2.05) is 18.0 Å². The molecule has 21 heavy (non-hydrogen) atoms. The number of benzene rings is 1. The number of nitrogens with zero attached hydrogens (tertiary/aromatic N) is 2. The summed E-state index contributed by atoms with van der Waals surface area (Å²) in [5, 5.41) is 0. The Morgan fingerprint density at radius 3 is 2.52 bits per heavy atom. The fourth-order valence-corrected chi connectivity index (χ4v) is 3.12. The molecule has 5 nitrogen and oxygen atoms in total. The molecule has 0 atom stereocenters. The van der Waals surface area contributed by atoms with Gasteiger partial charge in [-0.1, -0.05) is 12.1 Å².